The Hall–Kier alpha value is -2.09. The molecule has 1 amide bonds. The smallest absolute Gasteiger partial charge is 0.258 e. The molecule has 2 nitrogen and oxygen atoms in total. The molecule has 1 heterocycles. The van der Waals surface area contributed by atoms with Crippen LogP contribution in [0.3, 0.4) is 0 Å². The summed E-state index contributed by atoms with van der Waals surface area (Å²) in [6.07, 6.45) is 0.926. The topological polar surface area (TPSA) is 20.3 Å². The van der Waals surface area contributed by atoms with E-state index in [2.05, 4.69) is 6.92 Å². The van der Waals surface area contributed by atoms with Crippen LogP contribution in [0, 0.1) is 6.92 Å². The number of carbonyl (C=O) groups excluding carboxylic acids is 1. The Morgan fingerprint density at radius 3 is 2.50 bits per heavy atom. The second-order valence-corrected chi connectivity index (χ2v) is 4.70. The summed E-state index contributed by atoms with van der Waals surface area (Å²) in [4.78, 5) is 14.3. The number of hydrogen-bond acceptors (Lipinski definition) is 1. The van der Waals surface area contributed by atoms with Gasteiger partial charge in [-0.15, -0.1) is 0 Å². The molecule has 2 heteroatoms. The predicted octanol–water partition coefficient (Wildman–Crippen LogP) is 3.20. The van der Waals surface area contributed by atoms with Crippen LogP contribution in [-0.4, -0.2) is 12.5 Å². The molecule has 1 aliphatic rings. The van der Waals surface area contributed by atoms with Crippen LogP contribution >= 0.6 is 0 Å². The van der Waals surface area contributed by atoms with Crippen molar-refractivity contribution in [3.05, 3.63) is 65.2 Å². The molecule has 0 saturated heterocycles. The van der Waals surface area contributed by atoms with Crippen molar-refractivity contribution in [3.8, 4) is 0 Å². The number of rotatable bonds is 1. The Labute approximate surface area is 107 Å². The molecular formula is C16H15NO. The number of benzene rings is 2. The van der Waals surface area contributed by atoms with Gasteiger partial charge < -0.3 is 4.90 Å². The van der Waals surface area contributed by atoms with Crippen molar-refractivity contribution in [1.82, 2.24) is 0 Å². The van der Waals surface area contributed by atoms with Crippen LogP contribution in [0.15, 0.2) is 48.5 Å². The zero-order valence-corrected chi connectivity index (χ0v) is 10.4. The summed E-state index contributed by atoms with van der Waals surface area (Å²) >= 11 is 0. The Balaban J connectivity index is 1.97. The van der Waals surface area contributed by atoms with Crippen LogP contribution < -0.4 is 4.90 Å². The lowest BCUT2D eigenvalue weighted by molar-refractivity contribution is 0.0980. The lowest BCUT2D eigenvalue weighted by atomic mass is 9.98. The summed E-state index contributed by atoms with van der Waals surface area (Å²) in [6.45, 7) is 2.82. The van der Waals surface area contributed by atoms with Crippen molar-refractivity contribution in [2.45, 2.75) is 13.3 Å². The molecule has 0 saturated carbocycles. The fraction of sp³-hybridized carbons (Fsp3) is 0.188. The second kappa shape index (κ2) is 4.30. The highest BCUT2D eigenvalue weighted by atomic mass is 16.2. The van der Waals surface area contributed by atoms with Gasteiger partial charge >= 0.3 is 0 Å². The first kappa shape index (κ1) is 11.0. The normalized spacial score (nSPS) is 14.5. The van der Waals surface area contributed by atoms with Crippen molar-refractivity contribution in [3.63, 3.8) is 0 Å². The molecule has 0 fully saturated rings. The minimum atomic E-state index is 0.112. The van der Waals surface area contributed by atoms with Gasteiger partial charge in [-0.3, -0.25) is 4.79 Å². The summed E-state index contributed by atoms with van der Waals surface area (Å²) in [5.74, 6) is 0.112. The van der Waals surface area contributed by atoms with Crippen LogP contribution in [0.4, 0.5) is 5.69 Å². The average molecular weight is 237 g/mol. The number of fused-ring (bicyclic) bond motifs is 1. The molecule has 0 radical (unpaired) electrons. The van der Waals surface area contributed by atoms with E-state index in [0.29, 0.717) is 0 Å². The average Bonchev–Trinajstić information content (AvgIpc) is 2.41. The highest BCUT2D eigenvalue weighted by Crippen LogP contribution is 2.24. The Morgan fingerprint density at radius 1 is 1.00 bits per heavy atom. The third-order valence-electron chi connectivity index (χ3n) is 3.44. The van der Waals surface area contributed by atoms with Crippen LogP contribution in [0.1, 0.15) is 21.5 Å². The van der Waals surface area contributed by atoms with E-state index in [4.69, 9.17) is 0 Å². The van der Waals surface area contributed by atoms with Crippen molar-refractivity contribution < 1.29 is 4.79 Å². The highest BCUT2D eigenvalue weighted by molar-refractivity contribution is 6.08. The molecule has 0 unspecified atom stereocenters. The van der Waals surface area contributed by atoms with E-state index in [1.807, 2.05) is 53.4 Å². The van der Waals surface area contributed by atoms with Gasteiger partial charge in [0.1, 0.15) is 0 Å². The summed E-state index contributed by atoms with van der Waals surface area (Å²) in [5.41, 5.74) is 4.19. The first-order valence-corrected chi connectivity index (χ1v) is 6.22. The van der Waals surface area contributed by atoms with Crippen molar-refractivity contribution >= 4 is 11.6 Å². The maximum Gasteiger partial charge on any atom is 0.258 e. The third kappa shape index (κ3) is 1.80. The minimum absolute atomic E-state index is 0.112. The number of anilines is 1. The Kier molecular flexibility index (Phi) is 2.63. The molecule has 18 heavy (non-hydrogen) atoms. The van der Waals surface area contributed by atoms with Crippen LogP contribution in [-0.2, 0) is 6.42 Å². The second-order valence-electron chi connectivity index (χ2n) is 4.70. The number of aryl methyl sites for hydroxylation is 1. The zero-order chi connectivity index (χ0) is 12.5. The van der Waals surface area contributed by atoms with Gasteiger partial charge in [0.15, 0.2) is 0 Å². The van der Waals surface area contributed by atoms with Gasteiger partial charge in [-0.25, -0.2) is 0 Å². The Bertz CT molecular complexity index is 586. The third-order valence-corrected chi connectivity index (χ3v) is 3.44. The maximum absolute atomic E-state index is 12.4. The van der Waals surface area contributed by atoms with E-state index in [-0.39, 0.29) is 5.91 Å². The van der Waals surface area contributed by atoms with E-state index in [1.54, 1.807) is 0 Å². The summed E-state index contributed by atoms with van der Waals surface area (Å²) < 4.78 is 0. The summed E-state index contributed by atoms with van der Waals surface area (Å²) in [5, 5.41) is 0. The number of hydrogen-bond donors (Lipinski definition) is 0. The van der Waals surface area contributed by atoms with Gasteiger partial charge in [0.25, 0.3) is 5.91 Å². The number of amides is 1. The van der Waals surface area contributed by atoms with E-state index in [9.17, 15) is 4.79 Å². The first-order chi connectivity index (χ1) is 8.75. The van der Waals surface area contributed by atoms with E-state index in [1.165, 1.54) is 5.56 Å². The minimum Gasteiger partial charge on any atom is -0.308 e. The van der Waals surface area contributed by atoms with Gasteiger partial charge in [0, 0.05) is 17.8 Å². The fourth-order valence-electron chi connectivity index (χ4n) is 2.40. The van der Waals surface area contributed by atoms with Crippen molar-refractivity contribution in [2.75, 3.05) is 11.4 Å². The Morgan fingerprint density at radius 2 is 1.72 bits per heavy atom. The van der Waals surface area contributed by atoms with Crippen LogP contribution in [0.25, 0.3) is 0 Å². The molecule has 0 bridgehead atoms. The standard InChI is InChI=1S/C16H15NO/c1-12-6-8-14(9-7-12)17-11-10-13-4-2-3-5-15(13)16(17)18/h2-9H,10-11H2,1H3. The number of carbonyl (C=O) groups is 1. The molecule has 2 aromatic carbocycles. The van der Waals surface area contributed by atoms with Gasteiger partial charge in [-0.05, 0) is 37.1 Å². The molecular weight excluding hydrogens is 222 g/mol. The molecule has 0 atom stereocenters. The fourth-order valence-corrected chi connectivity index (χ4v) is 2.40. The molecule has 90 valence electrons. The van der Waals surface area contributed by atoms with Gasteiger partial charge in [0.2, 0.25) is 0 Å². The van der Waals surface area contributed by atoms with Crippen LogP contribution in [0.2, 0.25) is 0 Å². The molecule has 0 spiro atoms. The lowest BCUT2D eigenvalue weighted by Gasteiger charge is -2.28. The van der Waals surface area contributed by atoms with Gasteiger partial charge in [-0.1, -0.05) is 35.9 Å². The van der Waals surface area contributed by atoms with E-state index in [0.717, 1.165) is 29.8 Å². The maximum atomic E-state index is 12.4. The molecule has 1 aliphatic heterocycles. The van der Waals surface area contributed by atoms with E-state index < -0.39 is 0 Å². The quantitative estimate of drug-likeness (QED) is 0.746. The predicted molar refractivity (Wildman–Crippen MR) is 73.0 cm³/mol. The highest BCUT2D eigenvalue weighted by Gasteiger charge is 2.24. The van der Waals surface area contributed by atoms with Gasteiger partial charge in [-0.2, -0.15) is 0 Å². The van der Waals surface area contributed by atoms with Crippen molar-refractivity contribution in [1.29, 1.82) is 0 Å². The molecule has 0 aromatic heterocycles. The zero-order valence-electron chi connectivity index (χ0n) is 10.4. The summed E-state index contributed by atoms with van der Waals surface area (Å²) in [6, 6.07) is 16.0. The summed E-state index contributed by atoms with van der Waals surface area (Å²) in [7, 11) is 0. The largest absolute Gasteiger partial charge is 0.308 e. The SMILES string of the molecule is Cc1ccc(N2CCc3ccccc3C2=O)cc1. The van der Waals surface area contributed by atoms with E-state index >= 15 is 0 Å². The van der Waals surface area contributed by atoms with Gasteiger partial charge in [0.05, 0.1) is 0 Å². The molecule has 3 rings (SSSR count). The van der Waals surface area contributed by atoms with Crippen molar-refractivity contribution in [2.24, 2.45) is 0 Å². The number of nitrogens with zero attached hydrogens (tertiary/aromatic N) is 1. The van der Waals surface area contributed by atoms with Crippen LogP contribution in [0.5, 0.6) is 0 Å². The lowest BCUT2D eigenvalue weighted by Crippen LogP contribution is -2.37. The molecule has 2 aromatic rings. The first-order valence-electron chi connectivity index (χ1n) is 6.22. The monoisotopic (exact) mass is 237 g/mol. The molecule has 0 N–H and O–H groups in total. The molecule has 0 aliphatic carbocycles.